The molecule has 1 aromatic heterocycles. The summed E-state index contributed by atoms with van der Waals surface area (Å²) in [6.45, 7) is 2.78. The first-order valence-electron chi connectivity index (χ1n) is 8.18. The van der Waals surface area contributed by atoms with Crippen LogP contribution in [0, 0.1) is 0 Å². The van der Waals surface area contributed by atoms with Crippen LogP contribution in [0.25, 0.3) is 10.8 Å². The standard InChI is InChI=1S/C19H20N2OS/c1-2-5-15-12-16(8-7-14(15)4-1)22-11-3-6-19-21-17-9-10-20-13-18(17)23-19/h1-2,4-5,7-8,12,20H,3,6,9-11,13H2. The summed E-state index contributed by atoms with van der Waals surface area (Å²) in [5.41, 5.74) is 1.30. The minimum atomic E-state index is 0.737. The van der Waals surface area contributed by atoms with Crippen LogP contribution in [-0.2, 0) is 19.4 Å². The van der Waals surface area contributed by atoms with E-state index in [4.69, 9.17) is 9.72 Å². The first-order chi connectivity index (χ1) is 11.4. The van der Waals surface area contributed by atoms with E-state index in [9.17, 15) is 0 Å². The molecule has 0 saturated carbocycles. The molecule has 0 aliphatic carbocycles. The van der Waals surface area contributed by atoms with E-state index in [1.165, 1.54) is 26.4 Å². The first-order valence-corrected chi connectivity index (χ1v) is 9.00. The second kappa shape index (κ2) is 6.69. The van der Waals surface area contributed by atoms with Gasteiger partial charge in [0.2, 0.25) is 0 Å². The second-order valence-electron chi connectivity index (χ2n) is 5.87. The van der Waals surface area contributed by atoms with Gasteiger partial charge in [-0.1, -0.05) is 30.3 Å². The molecule has 0 atom stereocenters. The van der Waals surface area contributed by atoms with Crippen molar-refractivity contribution in [3.63, 3.8) is 0 Å². The maximum Gasteiger partial charge on any atom is 0.119 e. The summed E-state index contributed by atoms with van der Waals surface area (Å²) in [4.78, 5) is 6.18. The van der Waals surface area contributed by atoms with E-state index in [0.29, 0.717) is 0 Å². The highest BCUT2D eigenvalue weighted by molar-refractivity contribution is 7.11. The molecule has 0 amide bonds. The fraction of sp³-hybridized carbons (Fsp3) is 0.316. The lowest BCUT2D eigenvalue weighted by molar-refractivity contribution is 0.311. The minimum Gasteiger partial charge on any atom is -0.494 e. The Bertz CT molecular complexity index is 788. The molecule has 0 fully saturated rings. The number of nitrogens with zero attached hydrogens (tertiary/aromatic N) is 1. The van der Waals surface area contributed by atoms with Crippen molar-refractivity contribution in [3.8, 4) is 5.75 Å². The zero-order chi connectivity index (χ0) is 15.5. The quantitative estimate of drug-likeness (QED) is 0.722. The van der Waals surface area contributed by atoms with Crippen molar-refractivity contribution in [1.29, 1.82) is 0 Å². The molecule has 4 rings (SSSR count). The number of nitrogens with one attached hydrogen (secondary N) is 1. The van der Waals surface area contributed by atoms with Gasteiger partial charge in [-0.05, 0) is 29.3 Å². The van der Waals surface area contributed by atoms with Gasteiger partial charge in [0, 0.05) is 30.8 Å². The summed E-state index contributed by atoms with van der Waals surface area (Å²) < 4.78 is 5.90. The van der Waals surface area contributed by atoms with Gasteiger partial charge in [0.25, 0.3) is 0 Å². The number of hydrogen-bond acceptors (Lipinski definition) is 4. The summed E-state index contributed by atoms with van der Waals surface area (Å²) in [5, 5.41) is 7.13. The average Bonchev–Trinajstić information content (AvgIpc) is 3.01. The van der Waals surface area contributed by atoms with Crippen LogP contribution in [0.15, 0.2) is 42.5 Å². The Morgan fingerprint density at radius 2 is 2.04 bits per heavy atom. The molecule has 0 unspecified atom stereocenters. The van der Waals surface area contributed by atoms with Crippen molar-refractivity contribution < 1.29 is 4.74 Å². The van der Waals surface area contributed by atoms with Gasteiger partial charge in [-0.15, -0.1) is 11.3 Å². The number of aryl methyl sites for hydroxylation is 1. The van der Waals surface area contributed by atoms with E-state index in [1.807, 2.05) is 11.3 Å². The number of thiazole rings is 1. The molecule has 0 radical (unpaired) electrons. The van der Waals surface area contributed by atoms with Crippen LogP contribution in [0.4, 0.5) is 0 Å². The summed E-state index contributed by atoms with van der Waals surface area (Å²) in [7, 11) is 0. The third-order valence-corrected chi connectivity index (χ3v) is 5.33. The van der Waals surface area contributed by atoms with Crippen molar-refractivity contribution in [3.05, 3.63) is 58.0 Å². The Balaban J connectivity index is 1.31. The molecule has 1 aliphatic rings. The average molecular weight is 324 g/mol. The lowest BCUT2D eigenvalue weighted by atomic mass is 10.1. The molecule has 1 N–H and O–H groups in total. The highest BCUT2D eigenvalue weighted by Crippen LogP contribution is 2.23. The van der Waals surface area contributed by atoms with E-state index in [-0.39, 0.29) is 0 Å². The number of ether oxygens (including phenoxy) is 1. The maximum absolute atomic E-state index is 5.90. The van der Waals surface area contributed by atoms with E-state index in [0.717, 1.165) is 44.7 Å². The minimum absolute atomic E-state index is 0.737. The summed E-state index contributed by atoms with van der Waals surface area (Å²) >= 11 is 1.85. The summed E-state index contributed by atoms with van der Waals surface area (Å²) in [6.07, 6.45) is 3.08. The number of rotatable bonds is 5. The van der Waals surface area contributed by atoms with Crippen molar-refractivity contribution in [1.82, 2.24) is 10.3 Å². The smallest absolute Gasteiger partial charge is 0.119 e. The number of hydrogen-bond donors (Lipinski definition) is 1. The van der Waals surface area contributed by atoms with Gasteiger partial charge in [0.05, 0.1) is 17.3 Å². The molecule has 2 heterocycles. The van der Waals surface area contributed by atoms with Crippen molar-refractivity contribution in [2.45, 2.75) is 25.8 Å². The normalized spacial score (nSPS) is 13.9. The van der Waals surface area contributed by atoms with Crippen molar-refractivity contribution in [2.24, 2.45) is 0 Å². The predicted molar refractivity (Wildman–Crippen MR) is 95.3 cm³/mol. The van der Waals surface area contributed by atoms with Crippen LogP contribution in [0.1, 0.15) is 22.0 Å². The number of fused-ring (bicyclic) bond motifs is 2. The molecule has 3 nitrogen and oxygen atoms in total. The molecule has 23 heavy (non-hydrogen) atoms. The van der Waals surface area contributed by atoms with Gasteiger partial charge in [-0.25, -0.2) is 4.98 Å². The molecular weight excluding hydrogens is 304 g/mol. The Hall–Kier alpha value is -1.91. The molecular formula is C19H20N2OS. The predicted octanol–water partition coefficient (Wildman–Crippen LogP) is 3.95. The fourth-order valence-corrected chi connectivity index (χ4v) is 4.08. The molecule has 1 aliphatic heterocycles. The molecule has 0 spiro atoms. The maximum atomic E-state index is 5.90. The van der Waals surface area contributed by atoms with Gasteiger partial charge in [-0.3, -0.25) is 0 Å². The second-order valence-corrected chi connectivity index (χ2v) is 7.03. The fourth-order valence-electron chi connectivity index (χ4n) is 2.96. The zero-order valence-electron chi connectivity index (χ0n) is 13.0. The summed E-state index contributed by atoms with van der Waals surface area (Å²) in [5.74, 6) is 0.950. The van der Waals surface area contributed by atoms with Crippen LogP contribution in [0.5, 0.6) is 5.75 Å². The molecule has 4 heteroatoms. The summed E-state index contributed by atoms with van der Waals surface area (Å²) in [6, 6.07) is 14.7. The van der Waals surface area contributed by atoms with Crippen LogP contribution in [-0.4, -0.2) is 18.1 Å². The topological polar surface area (TPSA) is 34.1 Å². The SMILES string of the molecule is c1ccc2cc(OCCCc3nc4c(s3)CNCC4)ccc2c1. The number of benzene rings is 2. The molecule has 2 aromatic carbocycles. The Morgan fingerprint density at radius 3 is 2.96 bits per heavy atom. The van der Waals surface area contributed by atoms with Gasteiger partial charge >= 0.3 is 0 Å². The third-order valence-electron chi connectivity index (χ3n) is 4.17. The lowest BCUT2D eigenvalue weighted by Gasteiger charge is -2.09. The van der Waals surface area contributed by atoms with Crippen LogP contribution in [0.3, 0.4) is 0 Å². The van der Waals surface area contributed by atoms with Crippen LogP contribution >= 0.6 is 11.3 Å². The number of aromatic nitrogens is 1. The largest absolute Gasteiger partial charge is 0.494 e. The zero-order valence-corrected chi connectivity index (χ0v) is 13.9. The Kier molecular flexibility index (Phi) is 4.26. The Labute approximate surface area is 140 Å². The van der Waals surface area contributed by atoms with E-state index < -0.39 is 0 Å². The Morgan fingerprint density at radius 1 is 1.13 bits per heavy atom. The molecule has 3 aromatic rings. The van der Waals surface area contributed by atoms with E-state index in [1.54, 1.807) is 0 Å². The van der Waals surface area contributed by atoms with E-state index >= 15 is 0 Å². The van der Waals surface area contributed by atoms with Gasteiger partial charge < -0.3 is 10.1 Å². The first kappa shape index (κ1) is 14.7. The third kappa shape index (κ3) is 3.38. The van der Waals surface area contributed by atoms with Crippen molar-refractivity contribution >= 4 is 22.1 Å². The van der Waals surface area contributed by atoms with Crippen LogP contribution < -0.4 is 10.1 Å². The van der Waals surface area contributed by atoms with Gasteiger partial charge in [-0.2, -0.15) is 0 Å². The lowest BCUT2D eigenvalue weighted by Crippen LogP contribution is -2.22. The molecule has 0 saturated heterocycles. The van der Waals surface area contributed by atoms with Gasteiger partial charge in [0.15, 0.2) is 0 Å². The molecule has 118 valence electrons. The highest BCUT2D eigenvalue weighted by atomic mass is 32.1. The van der Waals surface area contributed by atoms with Crippen molar-refractivity contribution in [2.75, 3.05) is 13.2 Å². The monoisotopic (exact) mass is 324 g/mol. The highest BCUT2D eigenvalue weighted by Gasteiger charge is 2.14. The van der Waals surface area contributed by atoms with E-state index in [2.05, 4.69) is 47.8 Å². The molecule has 0 bridgehead atoms. The van der Waals surface area contributed by atoms with Crippen LogP contribution in [0.2, 0.25) is 0 Å². The van der Waals surface area contributed by atoms with Gasteiger partial charge in [0.1, 0.15) is 5.75 Å².